The Bertz CT molecular complexity index is 629. The number of nitrogens with zero attached hydrogens (tertiary/aromatic N) is 4. The second-order valence-electron chi connectivity index (χ2n) is 3.52. The molecule has 3 aromatic heterocycles. The molecule has 0 radical (unpaired) electrons. The first kappa shape index (κ1) is 10.3. The third-order valence-electron chi connectivity index (χ3n) is 2.29. The van der Waals surface area contributed by atoms with Crippen LogP contribution in [0.25, 0.3) is 5.65 Å². The summed E-state index contributed by atoms with van der Waals surface area (Å²) in [5.41, 5.74) is 1.80. The molecule has 0 aliphatic carbocycles. The largest absolute Gasteiger partial charge is 0.347 e. The molecule has 0 unspecified atom stereocenters. The molecule has 3 heterocycles. The van der Waals surface area contributed by atoms with Crippen molar-refractivity contribution in [1.82, 2.24) is 24.8 Å². The minimum absolute atomic E-state index is 0.595. The van der Waals surface area contributed by atoms with Crippen molar-refractivity contribution in [2.45, 2.75) is 6.54 Å². The lowest BCUT2D eigenvalue weighted by Gasteiger charge is -1.96. The van der Waals surface area contributed by atoms with E-state index >= 15 is 0 Å². The lowest BCUT2D eigenvalue weighted by atomic mass is 10.4. The van der Waals surface area contributed by atoms with Crippen LogP contribution in [-0.2, 0) is 6.54 Å². The third kappa shape index (κ3) is 2.14. The Morgan fingerprint density at radius 1 is 1.35 bits per heavy atom. The maximum Gasteiger partial charge on any atom is 0.243 e. The van der Waals surface area contributed by atoms with E-state index in [-0.39, 0.29) is 0 Å². The molecule has 2 N–H and O–H groups in total. The summed E-state index contributed by atoms with van der Waals surface area (Å²) in [4.78, 5) is 4.34. The Morgan fingerprint density at radius 2 is 2.29 bits per heavy atom. The Hall–Kier alpha value is -1.89. The van der Waals surface area contributed by atoms with E-state index in [1.54, 1.807) is 10.7 Å². The maximum atomic E-state index is 4.34. The molecule has 0 saturated carbocycles. The van der Waals surface area contributed by atoms with Gasteiger partial charge in [-0.15, -0.1) is 5.10 Å². The van der Waals surface area contributed by atoms with Gasteiger partial charge in [-0.2, -0.15) is 10.1 Å². The van der Waals surface area contributed by atoms with E-state index in [0.29, 0.717) is 12.5 Å². The molecule has 86 valence electrons. The van der Waals surface area contributed by atoms with Crippen molar-refractivity contribution in [3.63, 3.8) is 0 Å². The van der Waals surface area contributed by atoms with Crippen LogP contribution in [0.5, 0.6) is 0 Å². The summed E-state index contributed by atoms with van der Waals surface area (Å²) in [6.07, 6.45) is 3.58. The van der Waals surface area contributed by atoms with Crippen LogP contribution in [0.3, 0.4) is 0 Å². The molecule has 0 bridgehead atoms. The Kier molecular flexibility index (Phi) is 2.52. The lowest BCUT2D eigenvalue weighted by molar-refractivity contribution is 0.929. The fourth-order valence-corrected chi connectivity index (χ4v) is 1.82. The molecule has 0 aliphatic heterocycles. The summed E-state index contributed by atoms with van der Waals surface area (Å²) in [5.74, 6) is 0.595. The van der Waals surface area contributed by atoms with Crippen LogP contribution >= 0.6 is 15.9 Å². The molecule has 0 amide bonds. The van der Waals surface area contributed by atoms with Gasteiger partial charge in [-0.05, 0) is 34.1 Å². The van der Waals surface area contributed by atoms with Gasteiger partial charge in [0.1, 0.15) is 0 Å². The van der Waals surface area contributed by atoms with Crippen LogP contribution < -0.4 is 5.32 Å². The monoisotopic (exact) mass is 292 g/mol. The van der Waals surface area contributed by atoms with E-state index in [9.17, 15) is 0 Å². The molecule has 3 aromatic rings. The molecule has 0 spiro atoms. The fourth-order valence-electron chi connectivity index (χ4n) is 1.49. The highest BCUT2D eigenvalue weighted by molar-refractivity contribution is 9.10. The first-order valence-electron chi connectivity index (χ1n) is 5.05. The smallest absolute Gasteiger partial charge is 0.243 e. The summed E-state index contributed by atoms with van der Waals surface area (Å²) in [6, 6.07) is 5.74. The Labute approximate surface area is 105 Å². The summed E-state index contributed by atoms with van der Waals surface area (Å²) in [5, 5.41) is 14.2. The number of halogens is 1. The van der Waals surface area contributed by atoms with Crippen molar-refractivity contribution in [2.24, 2.45) is 0 Å². The van der Waals surface area contributed by atoms with E-state index < -0.39 is 0 Å². The lowest BCUT2D eigenvalue weighted by Crippen LogP contribution is -2.01. The van der Waals surface area contributed by atoms with Gasteiger partial charge in [-0.3, -0.25) is 5.10 Å². The number of rotatable bonds is 3. The van der Waals surface area contributed by atoms with Crippen LogP contribution in [0.15, 0.2) is 35.1 Å². The SMILES string of the molecule is Brc1ccc2nc(NCc3ccn[nH]3)nn2c1. The van der Waals surface area contributed by atoms with Crippen molar-refractivity contribution in [2.75, 3.05) is 5.32 Å². The van der Waals surface area contributed by atoms with Crippen molar-refractivity contribution in [3.05, 3.63) is 40.8 Å². The number of pyridine rings is 1. The topological polar surface area (TPSA) is 70.9 Å². The number of H-pyrrole nitrogens is 1. The predicted molar refractivity (Wildman–Crippen MR) is 66.6 cm³/mol. The average molecular weight is 293 g/mol. The zero-order valence-electron chi connectivity index (χ0n) is 8.76. The highest BCUT2D eigenvalue weighted by Gasteiger charge is 2.03. The van der Waals surface area contributed by atoms with E-state index in [1.165, 1.54) is 0 Å². The molecule has 0 aliphatic rings. The molecule has 3 rings (SSSR count). The molecule has 0 fully saturated rings. The van der Waals surface area contributed by atoms with E-state index in [4.69, 9.17) is 0 Å². The first-order chi connectivity index (χ1) is 8.31. The second kappa shape index (κ2) is 4.17. The van der Waals surface area contributed by atoms with Gasteiger partial charge in [0.25, 0.3) is 0 Å². The van der Waals surface area contributed by atoms with Gasteiger partial charge in [0, 0.05) is 16.9 Å². The van der Waals surface area contributed by atoms with Gasteiger partial charge in [0.05, 0.1) is 12.2 Å². The number of hydrogen-bond donors (Lipinski definition) is 2. The van der Waals surface area contributed by atoms with Crippen LogP contribution in [-0.4, -0.2) is 24.8 Å². The zero-order valence-corrected chi connectivity index (χ0v) is 10.3. The minimum Gasteiger partial charge on any atom is -0.347 e. The van der Waals surface area contributed by atoms with Crippen LogP contribution in [0.4, 0.5) is 5.95 Å². The van der Waals surface area contributed by atoms with Crippen molar-refractivity contribution < 1.29 is 0 Å². The van der Waals surface area contributed by atoms with Gasteiger partial charge in [0.15, 0.2) is 5.65 Å². The summed E-state index contributed by atoms with van der Waals surface area (Å²) >= 11 is 3.39. The molecule has 0 aromatic carbocycles. The normalized spacial score (nSPS) is 10.9. The Morgan fingerprint density at radius 3 is 3.12 bits per heavy atom. The van der Waals surface area contributed by atoms with E-state index in [2.05, 4.69) is 41.5 Å². The van der Waals surface area contributed by atoms with Crippen LogP contribution in [0.2, 0.25) is 0 Å². The predicted octanol–water partition coefficient (Wildman–Crippen LogP) is 1.83. The molecule has 0 atom stereocenters. The van der Waals surface area contributed by atoms with Crippen molar-refractivity contribution >= 4 is 27.5 Å². The molecule has 17 heavy (non-hydrogen) atoms. The van der Waals surface area contributed by atoms with Gasteiger partial charge >= 0.3 is 0 Å². The number of aromatic nitrogens is 5. The summed E-state index contributed by atoms with van der Waals surface area (Å²) in [6.45, 7) is 0.623. The van der Waals surface area contributed by atoms with Crippen molar-refractivity contribution in [1.29, 1.82) is 0 Å². The van der Waals surface area contributed by atoms with E-state index in [0.717, 1.165) is 15.8 Å². The standard InChI is InChI=1S/C10H9BrN6/c11-7-1-2-9-14-10(16-17(9)6-7)12-5-8-3-4-13-15-8/h1-4,6H,5H2,(H,12,16)(H,13,15). The molecule has 0 saturated heterocycles. The zero-order chi connectivity index (χ0) is 11.7. The second-order valence-corrected chi connectivity index (χ2v) is 4.44. The average Bonchev–Trinajstić information content (AvgIpc) is 2.94. The van der Waals surface area contributed by atoms with Gasteiger partial charge in [-0.25, -0.2) is 4.52 Å². The number of anilines is 1. The number of hydrogen-bond acceptors (Lipinski definition) is 4. The quantitative estimate of drug-likeness (QED) is 0.773. The molecular weight excluding hydrogens is 284 g/mol. The van der Waals surface area contributed by atoms with Gasteiger partial charge < -0.3 is 5.32 Å². The van der Waals surface area contributed by atoms with Crippen molar-refractivity contribution in [3.8, 4) is 0 Å². The summed E-state index contributed by atoms with van der Waals surface area (Å²) in [7, 11) is 0. The molecule has 7 heteroatoms. The van der Waals surface area contributed by atoms with E-state index in [1.807, 2.05) is 24.4 Å². The van der Waals surface area contributed by atoms with Gasteiger partial charge in [-0.1, -0.05) is 0 Å². The molecule has 6 nitrogen and oxygen atoms in total. The summed E-state index contributed by atoms with van der Waals surface area (Å²) < 4.78 is 2.69. The maximum absolute atomic E-state index is 4.34. The highest BCUT2D eigenvalue weighted by atomic mass is 79.9. The number of fused-ring (bicyclic) bond motifs is 1. The third-order valence-corrected chi connectivity index (χ3v) is 2.76. The number of aromatic amines is 1. The Balaban J connectivity index is 1.81. The minimum atomic E-state index is 0.595. The first-order valence-corrected chi connectivity index (χ1v) is 5.84. The fraction of sp³-hybridized carbons (Fsp3) is 0.100. The highest BCUT2D eigenvalue weighted by Crippen LogP contribution is 2.12. The molecular formula is C10H9BrN6. The number of nitrogens with one attached hydrogen (secondary N) is 2. The van der Waals surface area contributed by atoms with Gasteiger partial charge in [0.2, 0.25) is 5.95 Å². The van der Waals surface area contributed by atoms with Crippen LogP contribution in [0, 0.1) is 0 Å². The van der Waals surface area contributed by atoms with Crippen LogP contribution in [0.1, 0.15) is 5.69 Å².